The molecule has 1 saturated heterocycles. The summed E-state index contributed by atoms with van der Waals surface area (Å²) in [5, 5.41) is 3.73. The molecule has 0 bridgehead atoms. The van der Waals surface area contributed by atoms with Crippen molar-refractivity contribution in [1.29, 1.82) is 0 Å². The van der Waals surface area contributed by atoms with Crippen LogP contribution in [0.25, 0.3) is 17.1 Å². The number of likely N-dealkylation sites (tertiary alicyclic amines) is 1. The van der Waals surface area contributed by atoms with Crippen LogP contribution < -0.4 is 0 Å². The van der Waals surface area contributed by atoms with E-state index >= 15 is 0 Å². The highest BCUT2D eigenvalue weighted by molar-refractivity contribution is 6.36. The number of amides is 1. The maximum Gasteiger partial charge on any atom is 0.433 e. The molecule has 0 spiro atoms. The van der Waals surface area contributed by atoms with Crippen LogP contribution in [0.3, 0.4) is 0 Å². The first kappa shape index (κ1) is 19.8. The zero-order chi connectivity index (χ0) is 20.8. The monoisotopic (exact) mass is 426 g/mol. The molecule has 29 heavy (non-hydrogen) atoms. The van der Waals surface area contributed by atoms with Gasteiger partial charge in [0.15, 0.2) is 22.8 Å². The van der Waals surface area contributed by atoms with Crippen molar-refractivity contribution in [3.63, 3.8) is 0 Å². The molecule has 0 unspecified atom stereocenters. The van der Waals surface area contributed by atoms with E-state index in [0.29, 0.717) is 11.1 Å². The summed E-state index contributed by atoms with van der Waals surface area (Å²) in [6, 6.07) is 3.89. The number of carbonyl (C=O) groups excluding carboxylic acids is 1. The van der Waals surface area contributed by atoms with Crippen molar-refractivity contribution in [3.05, 3.63) is 40.9 Å². The quantitative estimate of drug-likeness (QED) is 0.586. The second-order valence-electron chi connectivity index (χ2n) is 6.96. The van der Waals surface area contributed by atoms with Gasteiger partial charge in [0.25, 0.3) is 5.91 Å². The highest BCUT2D eigenvalue weighted by Crippen LogP contribution is 2.35. The van der Waals surface area contributed by atoms with E-state index in [1.54, 1.807) is 11.0 Å². The predicted molar refractivity (Wildman–Crippen MR) is 99.7 cm³/mol. The molecule has 0 aromatic carbocycles. The number of fused-ring (bicyclic) bond motifs is 1. The lowest BCUT2D eigenvalue weighted by atomic mass is 9.99. The van der Waals surface area contributed by atoms with Crippen LogP contribution in [0.5, 0.6) is 0 Å². The molecule has 3 aromatic heterocycles. The molecule has 1 aliphatic rings. The minimum atomic E-state index is -4.73. The zero-order valence-corrected chi connectivity index (χ0v) is 16.3. The molecule has 0 radical (unpaired) electrons. The average Bonchev–Trinajstić information content (AvgIpc) is 3.34. The number of hydrogen-bond acceptors (Lipinski definition) is 4. The molecule has 10 heteroatoms. The predicted octanol–water partition coefficient (Wildman–Crippen LogP) is 5.07. The van der Waals surface area contributed by atoms with E-state index in [2.05, 4.69) is 10.1 Å². The lowest BCUT2D eigenvalue weighted by Crippen LogP contribution is -2.43. The van der Waals surface area contributed by atoms with Gasteiger partial charge in [0.2, 0.25) is 0 Å². The number of nitrogens with zero attached hydrogens (tertiary/aromatic N) is 4. The van der Waals surface area contributed by atoms with Gasteiger partial charge in [-0.3, -0.25) is 4.79 Å². The van der Waals surface area contributed by atoms with Crippen LogP contribution >= 0.6 is 11.6 Å². The summed E-state index contributed by atoms with van der Waals surface area (Å²) in [5.74, 6) is -0.315. The van der Waals surface area contributed by atoms with Gasteiger partial charge in [-0.25, -0.2) is 9.50 Å². The van der Waals surface area contributed by atoms with Crippen LogP contribution in [-0.2, 0) is 6.18 Å². The van der Waals surface area contributed by atoms with Crippen molar-refractivity contribution in [2.24, 2.45) is 0 Å². The van der Waals surface area contributed by atoms with Crippen molar-refractivity contribution in [3.8, 4) is 11.5 Å². The molecule has 4 heterocycles. The SMILES string of the molecule is CC[C@H]1CCCCN1C(=O)c1nn2c(C(F)(F)F)cc(-c3ccco3)nc2c1Cl. The van der Waals surface area contributed by atoms with Gasteiger partial charge < -0.3 is 9.32 Å². The molecule has 0 aliphatic carbocycles. The van der Waals surface area contributed by atoms with E-state index in [-0.39, 0.29) is 33.9 Å². The van der Waals surface area contributed by atoms with E-state index in [9.17, 15) is 18.0 Å². The largest absolute Gasteiger partial charge is 0.463 e. The summed E-state index contributed by atoms with van der Waals surface area (Å²) in [6.07, 6.45) is 0.0562. The van der Waals surface area contributed by atoms with Gasteiger partial charge in [0.05, 0.1) is 6.26 Å². The maximum absolute atomic E-state index is 13.7. The van der Waals surface area contributed by atoms with E-state index in [1.807, 2.05) is 6.92 Å². The summed E-state index contributed by atoms with van der Waals surface area (Å²) in [5.41, 5.74) is -1.58. The molecule has 1 atom stereocenters. The van der Waals surface area contributed by atoms with Crippen LogP contribution in [0.2, 0.25) is 5.02 Å². The molecule has 1 aliphatic heterocycles. The third kappa shape index (κ3) is 3.48. The number of aromatic nitrogens is 3. The highest BCUT2D eigenvalue weighted by atomic mass is 35.5. The first-order chi connectivity index (χ1) is 13.8. The molecule has 3 aromatic rings. The Bertz CT molecular complexity index is 1050. The molecular weight excluding hydrogens is 409 g/mol. The average molecular weight is 427 g/mol. The van der Waals surface area contributed by atoms with Crippen molar-refractivity contribution in [2.75, 3.05) is 6.54 Å². The van der Waals surface area contributed by atoms with Gasteiger partial charge in [0, 0.05) is 12.6 Å². The minimum absolute atomic E-state index is 0.0193. The second-order valence-corrected chi connectivity index (χ2v) is 7.33. The third-order valence-corrected chi connectivity index (χ3v) is 5.51. The number of piperidine rings is 1. The number of furan rings is 1. The first-order valence-electron chi connectivity index (χ1n) is 9.32. The second kappa shape index (κ2) is 7.37. The molecule has 4 rings (SSSR count). The minimum Gasteiger partial charge on any atom is -0.463 e. The van der Waals surface area contributed by atoms with Crippen LogP contribution in [0, 0.1) is 0 Å². The van der Waals surface area contributed by atoms with Gasteiger partial charge in [-0.1, -0.05) is 18.5 Å². The molecule has 154 valence electrons. The number of halogens is 4. The standard InChI is InChI=1S/C19H18ClF3N4O2/c1-2-11-6-3-4-8-26(11)18(28)16-15(20)17-24-12(13-7-5-9-29-13)10-14(19(21,22)23)27(17)25-16/h5,7,9-11H,2-4,6,8H2,1H3/t11-/m0/s1. The Kier molecular flexibility index (Phi) is 5.02. The normalized spacial score (nSPS) is 17.8. The summed E-state index contributed by atoms with van der Waals surface area (Å²) in [4.78, 5) is 18.9. The molecule has 6 nitrogen and oxygen atoms in total. The highest BCUT2D eigenvalue weighted by Gasteiger charge is 2.38. The van der Waals surface area contributed by atoms with Crippen molar-refractivity contribution < 1.29 is 22.4 Å². The van der Waals surface area contributed by atoms with Crippen LogP contribution in [0.1, 0.15) is 48.8 Å². The Balaban J connectivity index is 1.87. The van der Waals surface area contributed by atoms with Gasteiger partial charge in [-0.2, -0.15) is 18.3 Å². The Labute approximate surface area is 169 Å². The van der Waals surface area contributed by atoms with Crippen molar-refractivity contribution in [1.82, 2.24) is 19.5 Å². The van der Waals surface area contributed by atoms with Gasteiger partial charge >= 0.3 is 6.18 Å². The summed E-state index contributed by atoms with van der Waals surface area (Å²) >= 11 is 6.33. The molecular formula is C19H18ClF3N4O2. The smallest absolute Gasteiger partial charge is 0.433 e. The molecule has 0 N–H and O–H groups in total. The fraction of sp³-hybridized carbons (Fsp3) is 0.421. The van der Waals surface area contributed by atoms with E-state index in [1.165, 1.54) is 12.3 Å². The van der Waals surface area contributed by atoms with Gasteiger partial charge in [0.1, 0.15) is 10.7 Å². The number of alkyl halides is 3. The van der Waals surface area contributed by atoms with E-state index < -0.39 is 17.8 Å². The molecule has 0 saturated carbocycles. The van der Waals surface area contributed by atoms with Gasteiger partial charge in [-0.15, -0.1) is 0 Å². The van der Waals surface area contributed by atoms with E-state index in [4.69, 9.17) is 16.0 Å². The van der Waals surface area contributed by atoms with Crippen LogP contribution in [-0.4, -0.2) is 38.0 Å². The maximum atomic E-state index is 13.7. The number of hydrogen-bond donors (Lipinski definition) is 0. The number of carbonyl (C=O) groups is 1. The Morgan fingerprint density at radius 3 is 2.83 bits per heavy atom. The fourth-order valence-electron chi connectivity index (χ4n) is 3.71. The van der Waals surface area contributed by atoms with Crippen LogP contribution in [0.4, 0.5) is 13.2 Å². The fourth-order valence-corrected chi connectivity index (χ4v) is 3.95. The first-order valence-corrected chi connectivity index (χ1v) is 9.70. The van der Waals surface area contributed by atoms with Crippen molar-refractivity contribution >= 4 is 23.2 Å². The lowest BCUT2D eigenvalue weighted by molar-refractivity contribution is -0.142. The summed E-state index contributed by atoms with van der Waals surface area (Å²) in [6.45, 7) is 2.50. The lowest BCUT2D eigenvalue weighted by Gasteiger charge is -2.34. The Morgan fingerprint density at radius 2 is 2.17 bits per heavy atom. The van der Waals surface area contributed by atoms with Crippen LogP contribution in [0.15, 0.2) is 28.9 Å². The zero-order valence-electron chi connectivity index (χ0n) is 15.5. The molecule has 1 amide bonds. The molecule has 1 fully saturated rings. The van der Waals surface area contributed by atoms with E-state index in [0.717, 1.165) is 31.7 Å². The Hall–Kier alpha value is -2.55. The summed E-state index contributed by atoms with van der Waals surface area (Å²) in [7, 11) is 0. The number of rotatable bonds is 3. The third-order valence-electron chi connectivity index (χ3n) is 5.16. The van der Waals surface area contributed by atoms with Crippen molar-refractivity contribution in [2.45, 2.75) is 44.8 Å². The summed E-state index contributed by atoms with van der Waals surface area (Å²) < 4.78 is 46.9. The van der Waals surface area contributed by atoms with Gasteiger partial charge in [-0.05, 0) is 43.9 Å². The Morgan fingerprint density at radius 1 is 1.38 bits per heavy atom. The topological polar surface area (TPSA) is 63.6 Å².